The van der Waals surface area contributed by atoms with Crippen LogP contribution in [-0.4, -0.2) is 6.61 Å². The van der Waals surface area contributed by atoms with Gasteiger partial charge in [0.25, 0.3) is 0 Å². The summed E-state index contributed by atoms with van der Waals surface area (Å²) >= 11 is 11.5. The van der Waals surface area contributed by atoms with Gasteiger partial charge in [0.15, 0.2) is 0 Å². The lowest BCUT2D eigenvalue weighted by Crippen LogP contribution is -1.96. The fourth-order valence-electron chi connectivity index (χ4n) is 0.895. The first-order valence-corrected chi connectivity index (χ1v) is 4.99. The van der Waals surface area contributed by atoms with Crippen LogP contribution in [0.15, 0.2) is 12.1 Å². The number of hydrogen-bond acceptors (Lipinski definition) is 1. The van der Waals surface area contributed by atoms with E-state index in [2.05, 4.69) is 13.0 Å². The number of benzene rings is 1. The largest absolute Gasteiger partial charge is 0.493 e. The van der Waals surface area contributed by atoms with Gasteiger partial charge in [0.05, 0.1) is 16.7 Å². The van der Waals surface area contributed by atoms with E-state index < -0.39 is 0 Å². The third kappa shape index (κ3) is 3.88. The molecule has 1 aromatic carbocycles. The molecule has 71 valence electrons. The van der Waals surface area contributed by atoms with Crippen LogP contribution in [-0.2, 0) is 0 Å². The summed E-state index contributed by atoms with van der Waals surface area (Å²) in [5.74, 6) is 0.710. The third-order valence-corrected chi connectivity index (χ3v) is 1.95. The highest BCUT2D eigenvalue weighted by Crippen LogP contribution is 2.23. The summed E-state index contributed by atoms with van der Waals surface area (Å²) in [6, 6.07) is 6.17. The van der Waals surface area contributed by atoms with E-state index in [-0.39, 0.29) is 0 Å². The van der Waals surface area contributed by atoms with Crippen LogP contribution in [0.5, 0.6) is 5.75 Å². The highest BCUT2D eigenvalue weighted by Gasteiger charge is 1.98. The SMILES string of the molecule is CCCCOc1cc(Cl)[c]c(Cl)c1. The van der Waals surface area contributed by atoms with Gasteiger partial charge in [0, 0.05) is 6.07 Å². The van der Waals surface area contributed by atoms with Gasteiger partial charge in [-0.15, -0.1) is 0 Å². The van der Waals surface area contributed by atoms with Gasteiger partial charge in [-0.25, -0.2) is 0 Å². The molecule has 0 amide bonds. The van der Waals surface area contributed by atoms with Gasteiger partial charge in [0.1, 0.15) is 5.75 Å². The molecule has 1 aromatic rings. The number of halogens is 2. The molecular formula is C10H11Cl2O. The van der Waals surface area contributed by atoms with E-state index in [1.165, 1.54) is 0 Å². The second-order valence-electron chi connectivity index (χ2n) is 2.71. The molecule has 0 unspecified atom stereocenters. The highest BCUT2D eigenvalue weighted by atomic mass is 35.5. The Labute approximate surface area is 88.6 Å². The Bertz CT molecular complexity index is 253. The summed E-state index contributed by atoms with van der Waals surface area (Å²) in [6.07, 6.45) is 2.15. The minimum atomic E-state index is 0.485. The Morgan fingerprint density at radius 2 is 1.92 bits per heavy atom. The first kappa shape index (κ1) is 10.7. The molecule has 0 atom stereocenters. The van der Waals surface area contributed by atoms with Gasteiger partial charge in [0.2, 0.25) is 0 Å². The lowest BCUT2D eigenvalue weighted by molar-refractivity contribution is 0.309. The van der Waals surface area contributed by atoms with Crippen molar-refractivity contribution in [2.45, 2.75) is 19.8 Å². The van der Waals surface area contributed by atoms with Gasteiger partial charge >= 0.3 is 0 Å². The molecule has 0 aromatic heterocycles. The molecule has 1 radical (unpaired) electrons. The van der Waals surface area contributed by atoms with Gasteiger partial charge in [-0.2, -0.15) is 0 Å². The fraction of sp³-hybridized carbons (Fsp3) is 0.400. The molecule has 13 heavy (non-hydrogen) atoms. The van der Waals surface area contributed by atoms with Crippen molar-refractivity contribution in [2.75, 3.05) is 6.61 Å². The average molecular weight is 218 g/mol. The predicted octanol–water partition coefficient (Wildman–Crippen LogP) is 3.97. The normalized spacial score (nSPS) is 10.1. The maximum Gasteiger partial charge on any atom is 0.122 e. The van der Waals surface area contributed by atoms with E-state index in [9.17, 15) is 0 Å². The highest BCUT2D eigenvalue weighted by molar-refractivity contribution is 6.34. The first-order valence-electron chi connectivity index (χ1n) is 4.23. The zero-order chi connectivity index (χ0) is 9.68. The molecule has 0 saturated carbocycles. The smallest absolute Gasteiger partial charge is 0.122 e. The number of ether oxygens (including phenoxy) is 1. The molecule has 1 rings (SSSR count). The van der Waals surface area contributed by atoms with E-state index in [1.54, 1.807) is 12.1 Å². The summed E-state index contributed by atoms with van der Waals surface area (Å²) in [6.45, 7) is 2.81. The lowest BCUT2D eigenvalue weighted by atomic mass is 10.3. The maximum absolute atomic E-state index is 5.74. The molecular weight excluding hydrogens is 207 g/mol. The van der Waals surface area contributed by atoms with Crippen LogP contribution in [0.3, 0.4) is 0 Å². The van der Waals surface area contributed by atoms with Crippen LogP contribution in [0.25, 0.3) is 0 Å². The minimum absolute atomic E-state index is 0.485. The van der Waals surface area contributed by atoms with E-state index in [4.69, 9.17) is 27.9 Å². The van der Waals surface area contributed by atoms with Crippen LogP contribution in [0, 0.1) is 6.07 Å². The molecule has 3 heteroatoms. The molecule has 0 aliphatic heterocycles. The molecule has 0 bridgehead atoms. The summed E-state index contributed by atoms with van der Waals surface area (Å²) in [5, 5.41) is 0.970. The number of hydrogen-bond donors (Lipinski definition) is 0. The molecule has 0 aliphatic carbocycles. The molecule has 0 fully saturated rings. The Balaban J connectivity index is 2.56. The molecule has 0 saturated heterocycles. The van der Waals surface area contributed by atoms with Crippen LogP contribution in [0.1, 0.15) is 19.8 Å². The summed E-state index contributed by atoms with van der Waals surface area (Å²) in [7, 11) is 0. The van der Waals surface area contributed by atoms with Crippen molar-refractivity contribution in [1.29, 1.82) is 0 Å². The second kappa shape index (κ2) is 5.36. The summed E-state index contributed by atoms with van der Waals surface area (Å²) < 4.78 is 5.42. The summed E-state index contributed by atoms with van der Waals surface area (Å²) in [5.41, 5.74) is 0. The Hall–Kier alpha value is -0.400. The summed E-state index contributed by atoms with van der Waals surface area (Å²) in [4.78, 5) is 0. The Morgan fingerprint density at radius 3 is 2.46 bits per heavy atom. The zero-order valence-corrected chi connectivity index (χ0v) is 8.95. The molecule has 0 aliphatic rings. The molecule has 1 nitrogen and oxygen atoms in total. The monoisotopic (exact) mass is 217 g/mol. The van der Waals surface area contributed by atoms with E-state index >= 15 is 0 Å². The van der Waals surface area contributed by atoms with Crippen LogP contribution >= 0.6 is 23.2 Å². The molecule has 0 N–H and O–H groups in total. The van der Waals surface area contributed by atoms with Crippen LogP contribution in [0.2, 0.25) is 10.0 Å². The predicted molar refractivity (Wildman–Crippen MR) is 55.7 cm³/mol. The maximum atomic E-state index is 5.74. The van der Waals surface area contributed by atoms with Gasteiger partial charge in [-0.05, 0) is 18.6 Å². The Morgan fingerprint density at radius 1 is 1.31 bits per heavy atom. The lowest BCUT2D eigenvalue weighted by Gasteiger charge is -2.05. The van der Waals surface area contributed by atoms with Crippen molar-refractivity contribution in [2.24, 2.45) is 0 Å². The Kier molecular flexibility index (Phi) is 4.40. The first-order chi connectivity index (χ1) is 6.22. The zero-order valence-electron chi connectivity index (χ0n) is 7.44. The van der Waals surface area contributed by atoms with Crippen molar-refractivity contribution in [3.63, 3.8) is 0 Å². The molecule has 0 heterocycles. The standard InChI is InChI=1S/C10H11Cl2O/c1-2-3-4-13-10-6-8(11)5-9(12)7-10/h6-7H,2-4H2,1H3. The fourth-order valence-corrected chi connectivity index (χ4v) is 1.36. The van der Waals surface area contributed by atoms with Gasteiger partial charge in [-0.1, -0.05) is 36.5 Å². The van der Waals surface area contributed by atoms with Crippen molar-refractivity contribution in [3.8, 4) is 5.75 Å². The average Bonchev–Trinajstić information content (AvgIpc) is 2.03. The minimum Gasteiger partial charge on any atom is -0.493 e. The van der Waals surface area contributed by atoms with Crippen molar-refractivity contribution < 1.29 is 4.74 Å². The second-order valence-corrected chi connectivity index (χ2v) is 3.53. The number of rotatable bonds is 4. The van der Waals surface area contributed by atoms with E-state index in [1.807, 2.05) is 0 Å². The third-order valence-electron chi connectivity index (χ3n) is 1.54. The number of unbranched alkanes of at least 4 members (excludes halogenated alkanes) is 1. The van der Waals surface area contributed by atoms with E-state index in [0.29, 0.717) is 22.4 Å². The van der Waals surface area contributed by atoms with Crippen LogP contribution in [0.4, 0.5) is 0 Å². The molecule has 0 spiro atoms. The van der Waals surface area contributed by atoms with Gasteiger partial charge in [-0.3, -0.25) is 0 Å². The van der Waals surface area contributed by atoms with Crippen LogP contribution < -0.4 is 4.74 Å². The van der Waals surface area contributed by atoms with E-state index in [0.717, 1.165) is 12.8 Å². The van der Waals surface area contributed by atoms with Crippen molar-refractivity contribution in [3.05, 3.63) is 28.2 Å². The van der Waals surface area contributed by atoms with Crippen molar-refractivity contribution in [1.82, 2.24) is 0 Å². The van der Waals surface area contributed by atoms with Gasteiger partial charge < -0.3 is 4.74 Å². The van der Waals surface area contributed by atoms with Crippen molar-refractivity contribution >= 4 is 23.2 Å². The quantitative estimate of drug-likeness (QED) is 0.694. The topological polar surface area (TPSA) is 9.23 Å².